The van der Waals surface area contributed by atoms with Crippen molar-refractivity contribution in [2.45, 2.75) is 29.5 Å². The highest BCUT2D eigenvalue weighted by Crippen LogP contribution is 2.30. The minimum atomic E-state index is -3.75. The maximum atomic E-state index is 13.4. The van der Waals surface area contributed by atoms with Gasteiger partial charge >= 0.3 is 0 Å². The van der Waals surface area contributed by atoms with Crippen LogP contribution in [-0.2, 0) is 26.1 Å². The van der Waals surface area contributed by atoms with Crippen LogP contribution in [0.5, 0.6) is 5.75 Å². The smallest absolute Gasteiger partial charge is 0.183 e. The van der Waals surface area contributed by atoms with Gasteiger partial charge in [0.1, 0.15) is 5.75 Å². The normalized spacial score (nSPS) is 23.9. The van der Waals surface area contributed by atoms with Gasteiger partial charge in [-0.25, -0.2) is 16.8 Å². The molecule has 7 nitrogen and oxygen atoms in total. The van der Waals surface area contributed by atoms with Crippen LogP contribution < -0.4 is 9.64 Å². The minimum Gasteiger partial charge on any atom is -0.497 e. The molecule has 0 N–H and O–H groups in total. The predicted octanol–water partition coefficient (Wildman–Crippen LogP) is 2.02. The van der Waals surface area contributed by atoms with Crippen molar-refractivity contribution in [3.05, 3.63) is 54.1 Å². The van der Waals surface area contributed by atoms with Gasteiger partial charge in [-0.1, -0.05) is 19.1 Å². The molecule has 2 atom stereocenters. The first-order valence-electron chi connectivity index (χ1n) is 10.9. The van der Waals surface area contributed by atoms with E-state index < -0.39 is 31.0 Å². The molecule has 2 aliphatic heterocycles. The van der Waals surface area contributed by atoms with Crippen molar-refractivity contribution in [2.24, 2.45) is 0 Å². The van der Waals surface area contributed by atoms with Crippen molar-refractivity contribution < 1.29 is 21.6 Å². The van der Waals surface area contributed by atoms with E-state index in [-0.39, 0.29) is 16.4 Å². The summed E-state index contributed by atoms with van der Waals surface area (Å²) in [6.07, 6.45) is 0.819. The van der Waals surface area contributed by atoms with Gasteiger partial charge in [-0.2, -0.15) is 0 Å². The van der Waals surface area contributed by atoms with Gasteiger partial charge in [-0.3, -0.25) is 4.90 Å². The fraction of sp³-hybridized carbons (Fsp3) is 0.478. The number of hydrogen-bond donors (Lipinski definition) is 0. The maximum absolute atomic E-state index is 13.4. The van der Waals surface area contributed by atoms with Gasteiger partial charge in [-0.05, 0) is 48.4 Å². The van der Waals surface area contributed by atoms with E-state index in [4.69, 9.17) is 4.74 Å². The Morgan fingerprint density at radius 2 is 1.56 bits per heavy atom. The van der Waals surface area contributed by atoms with Gasteiger partial charge < -0.3 is 9.64 Å². The molecule has 0 unspecified atom stereocenters. The second kappa shape index (κ2) is 9.03. The molecule has 32 heavy (non-hydrogen) atoms. The molecule has 2 saturated heterocycles. The third-order valence-corrected chi connectivity index (χ3v) is 10.7. The number of benzene rings is 2. The molecule has 2 aromatic rings. The lowest BCUT2D eigenvalue weighted by Crippen LogP contribution is -2.55. The summed E-state index contributed by atoms with van der Waals surface area (Å²) < 4.78 is 57.0. The first-order chi connectivity index (χ1) is 15.2. The summed E-state index contributed by atoms with van der Waals surface area (Å²) in [6, 6.07) is 14.1. The summed E-state index contributed by atoms with van der Waals surface area (Å²) in [5, 5.41) is -0.937. The van der Waals surface area contributed by atoms with Gasteiger partial charge in [0.25, 0.3) is 0 Å². The molecule has 9 heteroatoms. The Bertz CT molecular complexity index is 1140. The topological polar surface area (TPSA) is 84.0 Å². The number of ether oxygens (including phenoxy) is 1. The van der Waals surface area contributed by atoms with Crippen LogP contribution in [0.1, 0.15) is 12.5 Å². The van der Waals surface area contributed by atoms with E-state index >= 15 is 0 Å². The van der Waals surface area contributed by atoms with Crippen LogP contribution in [0.2, 0.25) is 0 Å². The third kappa shape index (κ3) is 4.65. The second-order valence-corrected chi connectivity index (χ2v) is 12.8. The molecular weight excluding hydrogens is 448 g/mol. The number of nitrogens with zero attached hydrogens (tertiary/aromatic N) is 2. The zero-order valence-electron chi connectivity index (χ0n) is 18.5. The lowest BCUT2D eigenvalue weighted by atomic mass is 10.1. The van der Waals surface area contributed by atoms with Gasteiger partial charge in [0.05, 0.1) is 28.8 Å². The molecule has 0 spiro atoms. The van der Waals surface area contributed by atoms with Crippen LogP contribution in [-0.4, -0.2) is 77.8 Å². The van der Waals surface area contributed by atoms with Crippen molar-refractivity contribution in [3.8, 4) is 5.75 Å². The molecule has 2 aromatic carbocycles. The second-order valence-electron chi connectivity index (χ2n) is 8.45. The first kappa shape index (κ1) is 23.1. The quantitative estimate of drug-likeness (QED) is 0.628. The van der Waals surface area contributed by atoms with Crippen LogP contribution in [0.4, 0.5) is 5.69 Å². The Balaban J connectivity index is 1.51. The fourth-order valence-electron chi connectivity index (χ4n) is 4.63. The monoisotopic (exact) mass is 478 g/mol. The molecule has 2 aliphatic rings. The van der Waals surface area contributed by atoms with Crippen LogP contribution in [0.25, 0.3) is 0 Å². The average Bonchev–Trinajstić information content (AvgIpc) is 3.15. The van der Waals surface area contributed by atoms with Crippen LogP contribution in [0, 0.1) is 0 Å². The van der Waals surface area contributed by atoms with Crippen molar-refractivity contribution in [2.75, 3.05) is 49.7 Å². The zero-order chi connectivity index (χ0) is 22.9. The Kier molecular flexibility index (Phi) is 6.51. The van der Waals surface area contributed by atoms with Crippen LogP contribution in [0.15, 0.2) is 53.4 Å². The van der Waals surface area contributed by atoms with Crippen molar-refractivity contribution >= 4 is 25.4 Å². The third-order valence-electron chi connectivity index (χ3n) is 6.55. The predicted molar refractivity (Wildman–Crippen MR) is 126 cm³/mol. The molecule has 4 rings (SSSR count). The largest absolute Gasteiger partial charge is 0.497 e. The summed E-state index contributed by atoms with van der Waals surface area (Å²) in [7, 11) is -5.54. The molecule has 0 radical (unpaired) electrons. The van der Waals surface area contributed by atoms with Gasteiger partial charge in [0, 0.05) is 37.9 Å². The van der Waals surface area contributed by atoms with Gasteiger partial charge in [0.15, 0.2) is 19.7 Å². The number of methoxy groups -OCH3 is 1. The summed E-state index contributed by atoms with van der Waals surface area (Å²) in [6.45, 7) is 4.66. The van der Waals surface area contributed by atoms with E-state index in [9.17, 15) is 16.8 Å². The Morgan fingerprint density at radius 1 is 0.938 bits per heavy atom. The summed E-state index contributed by atoms with van der Waals surface area (Å²) in [5.41, 5.74) is 2.12. The SMILES string of the molecule is CCc1ccc(S(=O)(=O)[C@H]2CS(=O)(=O)C[C@@H]2N2CCN(c3ccc(OC)cc3)CC2)cc1. The summed E-state index contributed by atoms with van der Waals surface area (Å²) in [4.78, 5) is 4.48. The molecule has 0 aliphatic carbocycles. The summed E-state index contributed by atoms with van der Waals surface area (Å²) >= 11 is 0. The number of piperazine rings is 1. The van der Waals surface area contributed by atoms with E-state index in [1.54, 1.807) is 31.4 Å². The molecule has 0 amide bonds. The zero-order valence-corrected chi connectivity index (χ0v) is 20.1. The number of hydrogen-bond acceptors (Lipinski definition) is 7. The highest BCUT2D eigenvalue weighted by Gasteiger charge is 2.48. The first-order valence-corrected chi connectivity index (χ1v) is 14.3. The van der Waals surface area contributed by atoms with Gasteiger partial charge in [0.2, 0.25) is 0 Å². The molecule has 174 valence electrons. The maximum Gasteiger partial charge on any atom is 0.183 e. The molecule has 0 aromatic heterocycles. The Morgan fingerprint density at radius 3 is 2.12 bits per heavy atom. The number of anilines is 1. The number of sulfone groups is 2. The van der Waals surface area contributed by atoms with E-state index in [2.05, 4.69) is 4.90 Å². The fourth-order valence-corrected chi connectivity index (χ4v) is 9.46. The molecule has 2 fully saturated rings. The van der Waals surface area contributed by atoms with E-state index in [1.807, 2.05) is 36.1 Å². The van der Waals surface area contributed by atoms with Crippen molar-refractivity contribution in [1.29, 1.82) is 0 Å². The average molecular weight is 479 g/mol. The van der Waals surface area contributed by atoms with Crippen molar-refractivity contribution in [3.63, 3.8) is 0 Å². The minimum absolute atomic E-state index is 0.105. The van der Waals surface area contributed by atoms with Gasteiger partial charge in [-0.15, -0.1) is 0 Å². The lowest BCUT2D eigenvalue weighted by molar-refractivity contribution is 0.201. The number of aryl methyl sites for hydroxylation is 1. The molecule has 0 saturated carbocycles. The molecule has 0 bridgehead atoms. The van der Waals surface area contributed by atoms with Crippen LogP contribution in [0.3, 0.4) is 0 Å². The standard InChI is InChI=1S/C23H30N2O5S2/c1-3-18-4-10-21(11-5-18)32(28,29)23-17-31(26,27)16-22(23)25-14-12-24(13-15-25)19-6-8-20(30-2)9-7-19/h4-11,22-23H,3,12-17H2,1-2H3/t22-,23-/m0/s1. The highest BCUT2D eigenvalue weighted by atomic mass is 32.2. The molecule has 2 heterocycles. The van der Waals surface area contributed by atoms with Crippen molar-refractivity contribution in [1.82, 2.24) is 4.90 Å². The Labute approximate surface area is 190 Å². The highest BCUT2D eigenvalue weighted by molar-refractivity contribution is 7.96. The van der Waals surface area contributed by atoms with E-state index in [0.29, 0.717) is 26.2 Å². The lowest BCUT2D eigenvalue weighted by Gasteiger charge is -2.40. The van der Waals surface area contributed by atoms with E-state index in [0.717, 1.165) is 23.4 Å². The van der Waals surface area contributed by atoms with E-state index in [1.165, 1.54) is 0 Å². The van der Waals surface area contributed by atoms with Crippen LogP contribution >= 0.6 is 0 Å². The molecular formula is C23H30N2O5S2. The number of rotatable bonds is 6. The summed E-state index contributed by atoms with van der Waals surface area (Å²) in [5.74, 6) is 0.379. The Hall–Kier alpha value is -2.10.